The van der Waals surface area contributed by atoms with Gasteiger partial charge in [0.2, 0.25) is 0 Å². The van der Waals surface area contributed by atoms with Crippen molar-refractivity contribution < 1.29 is 4.39 Å². The quantitative estimate of drug-likeness (QED) is 0.846. The summed E-state index contributed by atoms with van der Waals surface area (Å²) in [5, 5.41) is 7.39. The molecule has 0 aliphatic rings. The average Bonchev–Trinajstić information content (AvgIpc) is 2.68. The van der Waals surface area contributed by atoms with Crippen LogP contribution in [0.5, 0.6) is 0 Å². The molecule has 2 rings (SSSR count). The summed E-state index contributed by atoms with van der Waals surface area (Å²) in [7, 11) is 0. The summed E-state index contributed by atoms with van der Waals surface area (Å²) < 4.78 is 14.8. The fraction of sp³-hybridized carbons (Fsp3) is 0.250. The van der Waals surface area contributed by atoms with Crippen molar-refractivity contribution >= 4 is 5.69 Å². The van der Waals surface area contributed by atoms with Crippen molar-refractivity contribution in [2.24, 2.45) is 5.73 Å². The largest absolute Gasteiger partial charge is 0.381 e. The minimum Gasteiger partial charge on any atom is -0.381 e. The topological polar surface area (TPSA) is 55.9 Å². The van der Waals surface area contributed by atoms with Crippen LogP contribution < -0.4 is 11.1 Å². The van der Waals surface area contributed by atoms with E-state index < -0.39 is 0 Å². The Bertz CT molecular complexity index is 507. The molecule has 0 fully saturated rings. The molecule has 0 saturated carbocycles. The van der Waals surface area contributed by atoms with Crippen LogP contribution in [0.15, 0.2) is 30.5 Å². The summed E-state index contributed by atoms with van der Waals surface area (Å²) in [5.74, 6) is -0.270. The van der Waals surface area contributed by atoms with Gasteiger partial charge < -0.3 is 11.1 Å². The van der Waals surface area contributed by atoms with Gasteiger partial charge in [0.05, 0.1) is 23.3 Å². The van der Waals surface area contributed by atoms with Crippen LogP contribution in [-0.2, 0) is 0 Å². The van der Waals surface area contributed by atoms with Gasteiger partial charge in [0, 0.05) is 13.1 Å². The van der Waals surface area contributed by atoms with Crippen molar-refractivity contribution in [3.8, 4) is 5.69 Å². The number of hydrogen-bond donors (Lipinski definition) is 2. The molecule has 0 radical (unpaired) electrons. The summed E-state index contributed by atoms with van der Waals surface area (Å²) in [6, 6.07) is 6.34. The molecule has 1 aromatic carbocycles. The third-order valence-electron chi connectivity index (χ3n) is 2.52. The lowest BCUT2D eigenvalue weighted by Crippen LogP contribution is -2.13. The highest BCUT2D eigenvalue weighted by molar-refractivity contribution is 5.49. The SMILES string of the molecule is Cc1c(NCCN)cnn1-c1cccc(F)c1. The lowest BCUT2D eigenvalue weighted by Gasteiger charge is -2.06. The van der Waals surface area contributed by atoms with E-state index in [1.807, 2.05) is 13.0 Å². The molecular weight excluding hydrogens is 219 g/mol. The molecule has 2 aromatic rings. The van der Waals surface area contributed by atoms with Gasteiger partial charge in [-0.25, -0.2) is 9.07 Å². The van der Waals surface area contributed by atoms with Crippen LogP contribution in [0.1, 0.15) is 5.69 Å². The highest BCUT2D eigenvalue weighted by Crippen LogP contribution is 2.18. The minimum absolute atomic E-state index is 0.270. The van der Waals surface area contributed by atoms with E-state index in [0.717, 1.165) is 11.4 Å². The van der Waals surface area contributed by atoms with E-state index in [-0.39, 0.29) is 5.82 Å². The smallest absolute Gasteiger partial charge is 0.125 e. The predicted octanol–water partition coefficient (Wildman–Crippen LogP) is 1.69. The second kappa shape index (κ2) is 4.97. The maximum Gasteiger partial charge on any atom is 0.125 e. The van der Waals surface area contributed by atoms with Gasteiger partial charge in [-0.2, -0.15) is 5.10 Å². The van der Waals surface area contributed by atoms with Crippen LogP contribution in [-0.4, -0.2) is 22.9 Å². The number of anilines is 1. The molecule has 1 aromatic heterocycles. The molecule has 5 heteroatoms. The number of benzene rings is 1. The molecular formula is C12H15FN4. The van der Waals surface area contributed by atoms with Crippen molar-refractivity contribution in [3.63, 3.8) is 0 Å². The zero-order chi connectivity index (χ0) is 12.3. The average molecular weight is 234 g/mol. The molecule has 0 aliphatic carbocycles. The lowest BCUT2D eigenvalue weighted by atomic mass is 10.3. The van der Waals surface area contributed by atoms with Crippen LogP contribution in [0, 0.1) is 12.7 Å². The number of nitrogens with zero attached hydrogens (tertiary/aromatic N) is 2. The lowest BCUT2D eigenvalue weighted by molar-refractivity contribution is 0.625. The van der Waals surface area contributed by atoms with Crippen molar-refractivity contribution in [3.05, 3.63) is 42.0 Å². The van der Waals surface area contributed by atoms with Crippen molar-refractivity contribution in [1.29, 1.82) is 0 Å². The van der Waals surface area contributed by atoms with Gasteiger partial charge in [0.15, 0.2) is 0 Å². The molecule has 0 spiro atoms. The van der Waals surface area contributed by atoms with Crippen molar-refractivity contribution in [2.45, 2.75) is 6.92 Å². The summed E-state index contributed by atoms with van der Waals surface area (Å²) in [4.78, 5) is 0. The first-order chi connectivity index (χ1) is 8.22. The summed E-state index contributed by atoms with van der Waals surface area (Å²) in [6.07, 6.45) is 1.72. The second-order valence-electron chi connectivity index (χ2n) is 3.75. The summed E-state index contributed by atoms with van der Waals surface area (Å²) in [5.41, 5.74) is 7.99. The van der Waals surface area contributed by atoms with Crippen LogP contribution in [0.25, 0.3) is 5.69 Å². The Hall–Kier alpha value is -1.88. The molecule has 0 unspecified atom stereocenters. The van der Waals surface area contributed by atoms with E-state index in [9.17, 15) is 4.39 Å². The molecule has 4 nitrogen and oxygen atoms in total. The van der Waals surface area contributed by atoms with Gasteiger partial charge >= 0.3 is 0 Å². The van der Waals surface area contributed by atoms with E-state index in [0.29, 0.717) is 18.8 Å². The molecule has 0 atom stereocenters. The van der Waals surface area contributed by atoms with E-state index in [4.69, 9.17) is 5.73 Å². The van der Waals surface area contributed by atoms with Gasteiger partial charge in [0.1, 0.15) is 5.82 Å². The Morgan fingerprint density at radius 2 is 2.29 bits per heavy atom. The standard InChI is InChI=1S/C12H15FN4/c1-9-12(15-6-5-14)8-16-17(9)11-4-2-3-10(13)7-11/h2-4,7-8,15H,5-6,14H2,1H3. The van der Waals surface area contributed by atoms with E-state index >= 15 is 0 Å². The van der Waals surface area contributed by atoms with E-state index in [1.165, 1.54) is 12.1 Å². The maximum atomic E-state index is 13.1. The molecule has 0 saturated heterocycles. The Labute approximate surface area is 99.2 Å². The molecule has 17 heavy (non-hydrogen) atoms. The molecule has 90 valence electrons. The normalized spacial score (nSPS) is 10.5. The number of halogens is 1. The predicted molar refractivity (Wildman–Crippen MR) is 65.8 cm³/mol. The van der Waals surface area contributed by atoms with Gasteiger partial charge in [-0.3, -0.25) is 0 Å². The molecule has 0 amide bonds. The summed E-state index contributed by atoms with van der Waals surface area (Å²) >= 11 is 0. The number of aromatic nitrogens is 2. The zero-order valence-electron chi connectivity index (χ0n) is 9.65. The Morgan fingerprint density at radius 3 is 3.00 bits per heavy atom. The first kappa shape index (κ1) is 11.6. The molecule has 1 heterocycles. The molecule has 3 N–H and O–H groups in total. The summed E-state index contributed by atoms with van der Waals surface area (Å²) in [6.45, 7) is 3.18. The van der Waals surface area contributed by atoms with Crippen molar-refractivity contribution in [1.82, 2.24) is 9.78 Å². The monoisotopic (exact) mass is 234 g/mol. The van der Waals surface area contributed by atoms with Crippen LogP contribution in [0.3, 0.4) is 0 Å². The highest BCUT2D eigenvalue weighted by atomic mass is 19.1. The molecule has 0 bridgehead atoms. The second-order valence-corrected chi connectivity index (χ2v) is 3.75. The molecule has 0 aliphatic heterocycles. The van der Waals surface area contributed by atoms with Crippen LogP contribution >= 0.6 is 0 Å². The van der Waals surface area contributed by atoms with Gasteiger partial charge in [-0.15, -0.1) is 0 Å². The first-order valence-electron chi connectivity index (χ1n) is 5.47. The van der Waals surface area contributed by atoms with Gasteiger partial charge in [-0.05, 0) is 25.1 Å². The van der Waals surface area contributed by atoms with E-state index in [2.05, 4.69) is 10.4 Å². The number of rotatable bonds is 4. The minimum atomic E-state index is -0.270. The zero-order valence-corrected chi connectivity index (χ0v) is 9.65. The van der Waals surface area contributed by atoms with Crippen molar-refractivity contribution in [2.75, 3.05) is 18.4 Å². The Balaban J connectivity index is 2.30. The number of hydrogen-bond acceptors (Lipinski definition) is 3. The van der Waals surface area contributed by atoms with Crippen LogP contribution in [0.4, 0.5) is 10.1 Å². The number of nitrogens with two attached hydrogens (primary N) is 1. The maximum absolute atomic E-state index is 13.1. The Morgan fingerprint density at radius 1 is 1.47 bits per heavy atom. The van der Waals surface area contributed by atoms with Crippen LogP contribution in [0.2, 0.25) is 0 Å². The number of nitrogens with one attached hydrogen (secondary N) is 1. The Kier molecular flexibility index (Phi) is 3.39. The van der Waals surface area contributed by atoms with Gasteiger partial charge in [-0.1, -0.05) is 6.07 Å². The fourth-order valence-corrected chi connectivity index (χ4v) is 1.66. The fourth-order valence-electron chi connectivity index (χ4n) is 1.66. The van der Waals surface area contributed by atoms with Gasteiger partial charge in [0.25, 0.3) is 0 Å². The third-order valence-corrected chi connectivity index (χ3v) is 2.52. The first-order valence-corrected chi connectivity index (χ1v) is 5.47. The van der Waals surface area contributed by atoms with E-state index in [1.54, 1.807) is 16.9 Å². The highest BCUT2D eigenvalue weighted by Gasteiger charge is 2.07. The third kappa shape index (κ3) is 2.45.